The molecule has 2 atom stereocenters. The predicted molar refractivity (Wildman–Crippen MR) is 49.0 cm³/mol. The maximum atomic E-state index is 3.93. The van der Waals surface area contributed by atoms with E-state index in [0.29, 0.717) is 21.2 Å². The topological polar surface area (TPSA) is 0 Å². The summed E-state index contributed by atoms with van der Waals surface area (Å²) < 4.78 is 2.32. The average molecular weight is 277 g/mol. The van der Waals surface area contributed by atoms with Crippen LogP contribution >= 0.6 is 0 Å². The first-order valence-corrected chi connectivity index (χ1v) is 7.64. The van der Waals surface area contributed by atoms with E-state index >= 15 is 0 Å². The van der Waals surface area contributed by atoms with Crippen LogP contribution in [0.25, 0.3) is 0 Å². The molecule has 0 bridgehead atoms. The van der Waals surface area contributed by atoms with E-state index < -0.39 is 0 Å². The molecule has 0 heterocycles. The number of rotatable bonds is 3. The van der Waals surface area contributed by atoms with Crippen LogP contribution in [0.1, 0.15) is 38.5 Å². The fourth-order valence-corrected chi connectivity index (χ4v) is 6.95. The Balaban J connectivity index is 1.75. The number of hydrogen-bond acceptors (Lipinski definition) is 0. The van der Waals surface area contributed by atoms with Gasteiger partial charge in [0.05, 0.1) is 0 Å². The first-order chi connectivity index (χ1) is 5.90. The Hall–Kier alpha value is 0.470. The van der Waals surface area contributed by atoms with Gasteiger partial charge in [-0.15, -0.1) is 0 Å². The van der Waals surface area contributed by atoms with Gasteiger partial charge < -0.3 is 0 Å². The summed E-state index contributed by atoms with van der Waals surface area (Å²) in [6.07, 6.45) is 11.4. The summed E-state index contributed by atoms with van der Waals surface area (Å²) in [6.45, 7) is 3.93. The van der Waals surface area contributed by atoms with Crippen molar-refractivity contribution < 1.29 is 21.2 Å². The monoisotopic (exact) mass is 277 g/mol. The molecule has 0 N–H and O–H groups in total. The zero-order valence-corrected chi connectivity index (χ0v) is 9.79. The summed E-state index contributed by atoms with van der Waals surface area (Å²) in [5, 5.41) is 0. The van der Waals surface area contributed by atoms with Crippen molar-refractivity contribution in [2.45, 2.75) is 46.4 Å². The van der Waals surface area contributed by atoms with Crippen LogP contribution in [0.2, 0.25) is 0 Å². The minimum atomic E-state index is 0.527. The van der Waals surface area contributed by atoms with Crippen molar-refractivity contribution in [2.24, 2.45) is 5.92 Å². The maximum absolute atomic E-state index is 3.93. The van der Waals surface area contributed by atoms with Crippen molar-refractivity contribution in [2.75, 3.05) is 0 Å². The van der Waals surface area contributed by atoms with Crippen LogP contribution in [0.15, 0.2) is 12.7 Å². The van der Waals surface area contributed by atoms with Gasteiger partial charge in [-0.2, -0.15) is 0 Å². The van der Waals surface area contributed by atoms with Gasteiger partial charge in [-0.1, -0.05) is 0 Å². The van der Waals surface area contributed by atoms with Gasteiger partial charge in [0.25, 0.3) is 0 Å². The van der Waals surface area contributed by atoms with Crippen LogP contribution in [0.5, 0.6) is 0 Å². The Bertz CT molecular complexity index is 158. The molecule has 2 unspecified atom stereocenters. The second kappa shape index (κ2) is 4.12. The average Bonchev–Trinajstić information content (AvgIpc) is 2.51. The zero-order valence-electron chi connectivity index (χ0n) is 7.64. The molecule has 2 rings (SSSR count). The molecule has 0 spiro atoms. The van der Waals surface area contributed by atoms with Crippen LogP contribution in [-0.4, -0.2) is 7.85 Å². The third kappa shape index (κ3) is 1.86. The molecule has 2 aliphatic rings. The van der Waals surface area contributed by atoms with Crippen LogP contribution in [0.4, 0.5) is 0 Å². The molecule has 2 saturated carbocycles. The van der Waals surface area contributed by atoms with Gasteiger partial charge in [0.15, 0.2) is 0 Å². The third-order valence-corrected chi connectivity index (χ3v) is 7.90. The SMILES string of the molecule is C=CC1CCC1[I-]C1CCCC1. The fourth-order valence-electron chi connectivity index (χ4n) is 2.14. The number of hydrogen-bond donors (Lipinski definition) is 0. The van der Waals surface area contributed by atoms with Crippen LogP contribution < -0.4 is 21.2 Å². The van der Waals surface area contributed by atoms with E-state index in [9.17, 15) is 0 Å². The Morgan fingerprint density at radius 2 is 1.83 bits per heavy atom. The van der Waals surface area contributed by atoms with Crippen molar-refractivity contribution in [3.63, 3.8) is 0 Å². The standard InChI is InChI=1S/C11H18I/c1-2-9-7-8-11(9)12-10-5-3-4-6-10/h2,9-11H,1,3-8H2/q-1. The van der Waals surface area contributed by atoms with E-state index in [0.717, 1.165) is 9.84 Å². The van der Waals surface area contributed by atoms with E-state index in [1.807, 2.05) is 0 Å². The molecule has 0 aromatic heterocycles. The molecular weight excluding hydrogens is 259 g/mol. The molecule has 0 aromatic carbocycles. The molecule has 0 saturated heterocycles. The third-order valence-electron chi connectivity index (χ3n) is 3.17. The van der Waals surface area contributed by atoms with Crippen LogP contribution in [0.3, 0.4) is 0 Å². The van der Waals surface area contributed by atoms with Crippen LogP contribution in [0, 0.1) is 5.92 Å². The van der Waals surface area contributed by atoms with E-state index in [1.165, 1.54) is 29.6 Å². The zero-order chi connectivity index (χ0) is 8.39. The van der Waals surface area contributed by atoms with Gasteiger partial charge >= 0.3 is 86.2 Å². The number of halogens is 1. The van der Waals surface area contributed by atoms with Crippen molar-refractivity contribution in [1.29, 1.82) is 0 Å². The Morgan fingerprint density at radius 3 is 2.33 bits per heavy atom. The molecule has 2 fully saturated rings. The molecule has 1 heteroatoms. The number of alkyl halides is 2. The molecule has 12 heavy (non-hydrogen) atoms. The van der Waals surface area contributed by atoms with Gasteiger partial charge in [-0.25, -0.2) is 0 Å². The normalized spacial score (nSPS) is 36.7. The van der Waals surface area contributed by atoms with Crippen LogP contribution in [-0.2, 0) is 0 Å². The summed E-state index contributed by atoms with van der Waals surface area (Å²) in [5.74, 6) is 0.929. The van der Waals surface area contributed by atoms with E-state index in [1.54, 1.807) is 12.8 Å². The molecular formula is C11H18I-. The van der Waals surface area contributed by atoms with Gasteiger partial charge in [0.2, 0.25) is 0 Å². The van der Waals surface area contributed by atoms with Crippen molar-refractivity contribution in [3.8, 4) is 0 Å². The van der Waals surface area contributed by atoms with E-state index in [4.69, 9.17) is 0 Å². The molecule has 0 aliphatic heterocycles. The first kappa shape index (κ1) is 9.04. The Labute approximate surface area is 86.1 Å². The van der Waals surface area contributed by atoms with Crippen molar-refractivity contribution in [3.05, 3.63) is 12.7 Å². The molecule has 70 valence electrons. The summed E-state index contributed by atoms with van der Waals surface area (Å²) in [5.41, 5.74) is 0. The van der Waals surface area contributed by atoms with E-state index in [2.05, 4.69) is 12.7 Å². The molecule has 0 nitrogen and oxygen atoms in total. The quantitative estimate of drug-likeness (QED) is 0.386. The second-order valence-electron chi connectivity index (χ2n) is 4.00. The Morgan fingerprint density at radius 1 is 1.08 bits per heavy atom. The summed E-state index contributed by atoms with van der Waals surface area (Å²) in [6, 6.07) is 0. The Kier molecular flexibility index (Phi) is 3.10. The van der Waals surface area contributed by atoms with E-state index in [-0.39, 0.29) is 0 Å². The van der Waals surface area contributed by atoms with Gasteiger partial charge in [0.1, 0.15) is 0 Å². The summed E-state index contributed by atoms with van der Waals surface area (Å²) in [7, 11) is 0. The number of allylic oxidation sites excluding steroid dienone is 1. The van der Waals surface area contributed by atoms with Gasteiger partial charge in [-0.05, 0) is 0 Å². The molecule has 0 radical (unpaired) electrons. The van der Waals surface area contributed by atoms with Crippen molar-refractivity contribution >= 4 is 0 Å². The molecule has 2 aliphatic carbocycles. The first-order valence-electron chi connectivity index (χ1n) is 5.14. The van der Waals surface area contributed by atoms with Gasteiger partial charge in [-0.3, -0.25) is 0 Å². The second-order valence-corrected chi connectivity index (χ2v) is 8.08. The summed E-state index contributed by atoms with van der Waals surface area (Å²) >= 11 is 0.527. The molecule has 0 aromatic rings. The summed E-state index contributed by atoms with van der Waals surface area (Å²) in [4.78, 5) is 0. The predicted octanol–water partition coefficient (Wildman–Crippen LogP) is -0.0174. The molecule has 0 amide bonds. The van der Waals surface area contributed by atoms with Crippen molar-refractivity contribution in [1.82, 2.24) is 0 Å². The van der Waals surface area contributed by atoms with Gasteiger partial charge in [0, 0.05) is 0 Å². The minimum absolute atomic E-state index is 0.527. The fraction of sp³-hybridized carbons (Fsp3) is 0.818.